The van der Waals surface area contributed by atoms with E-state index >= 15 is 0 Å². The molecule has 2 saturated heterocycles. The molecular weight excluding hydrogens is 544 g/mol. The smallest absolute Gasteiger partial charge is 0.255 e. The molecule has 1 N–H and O–H groups in total. The summed E-state index contributed by atoms with van der Waals surface area (Å²) >= 11 is 0. The molecule has 0 radical (unpaired) electrons. The van der Waals surface area contributed by atoms with Gasteiger partial charge in [0.15, 0.2) is 0 Å². The molecule has 9 nitrogen and oxygen atoms in total. The van der Waals surface area contributed by atoms with Gasteiger partial charge in [-0.05, 0) is 79.1 Å². The van der Waals surface area contributed by atoms with Crippen molar-refractivity contribution >= 4 is 28.6 Å². The summed E-state index contributed by atoms with van der Waals surface area (Å²) in [5.41, 5.74) is 4.97. The summed E-state index contributed by atoms with van der Waals surface area (Å²) in [6.45, 7) is 3.79. The van der Waals surface area contributed by atoms with E-state index in [0.29, 0.717) is 30.4 Å². The molecule has 7 rings (SSSR count). The number of likely N-dealkylation sites (tertiary alicyclic amines) is 1. The summed E-state index contributed by atoms with van der Waals surface area (Å²) in [5, 5.41) is 3.53. The number of pyridine rings is 1. The van der Waals surface area contributed by atoms with Crippen LogP contribution >= 0.6 is 0 Å². The van der Waals surface area contributed by atoms with Crippen molar-refractivity contribution in [2.75, 3.05) is 26.8 Å². The van der Waals surface area contributed by atoms with Gasteiger partial charge in [0, 0.05) is 70.3 Å². The van der Waals surface area contributed by atoms with Crippen molar-refractivity contribution < 1.29 is 25.3 Å². The molecule has 4 atom stereocenters. The van der Waals surface area contributed by atoms with E-state index in [9.17, 15) is 14.4 Å². The zero-order valence-corrected chi connectivity index (χ0v) is 24.6. The van der Waals surface area contributed by atoms with Crippen molar-refractivity contribution in [3.8, 4) is 5.75 Å². The maximum atomic E-state index is 13.0. The SMILES string of the molecule is COC[C@@H]1CCC[C@@H]1c1ccc2cc(CN3CC[C@H](Oc4ccc5c(c4)CN(C4CCC(=O)NC4=O)C5=O)C3)ccc2n1.[HH]. The van der Waals surface area contributed by atoms with Crippen molar-refractivity contribution in [3.63, 3.8) is 0 Å². The van der Waals surface area contributed by atoms with Crippen LogP contribution < -0.4 is 10.1 Å². The zero-order valence-electron chi connectivity index (χ0n) is 24.6. The van der Waals surface area contributed by atoms with Crippen LogP contribution in [0.4, 0.5) is 0 Å². The molecule has 4 aliphatic rings. The summed E-state index contributed by atoms with van der Waals surface area (Å²) in [6.07, 6.45) is 5.25. The first-order valence-electron chi connectivity index (χ1n) is 15.5. The minimum absolute atomic E-state index is 0. The average Bonchev–Trinajstić information content (AvgIpc) is 3.72. The van der Waals surface area contributed by atoms with Gasteiger partial charge in [-0.2, -0.15) is 0 Å². The topological polar surface area (TPSA) is 101 Å². The van der Waals surface area contributed by atoms with E-state index in [2.05, 4.69) is 40.5 Å². The van der Waals surface area contributed by atoms with Gasteiger partial charge in [0.1, 0.15) is 17.9 Å². The van der Waals surface area contributed by atoms with Crippen LogP contribution in [0.25, 0.3) is 10.9 Å². The lowest BCUT2D eigenvalue weighted by atomic mass is 9.92. The average molecular weight is 585 g/mol. The van der Waals surface area contributed by atoms with Crippen LogP contribution in [0.1, 0.15) is 73.0 Å². The zero-order chi connectivity index (χ0) is 29.5. The van der Waals surface area contributed by atoms with E-state index in [-0.39, 0.29) is 25.8 Å². The minimum atomic E-state index is -0.612. The summed E-state index contributed by atoms with van der Waals surface area (Å²) < 4.78 is 11.8. The highest BCUT2D eigenvalue weighted by Gasteiger charge is 2.39. The minimum Gasteiger partial charge on any atom is -0.489 e. The molecule has 2 aromatic carbocycles. The standard InChI is InChI=1S/C34H38N4O5.H2/c1-42-20-23-3-2-4-27(23)30-10-6-22-15-21(5-9-29(22)35-30)17-37-14-13-26(19-37)43-25-7-8-28-24(16-25)18-38(34(28)41)31-11-12-32(39)36-33(31)40;/h5-10,15-16,23,26-27,31H,2-4,11-14,17-20H2,1H3,(H,36,39,40);1H/t23-,26-,27-,31?;/m0./s1. The number of imide groups is 1. The van der Waals surface area contributed by atoms with Gasteiger partial charge in [-0.1, -0.05) is 18.6 Å². The summed E-state index contributed by atoms with van der Waals surface area (Å²) in [7, 11) is 1.79. The molecule has 3 fully saturated rings. The number of hydrogen-bond donors (Lipinski definition) is 1. The van der Waals surface area contributed by atoms with E-state index < -0.39 is 11.9 Å². The number of nitrogens with one attached hydrogen (secondary N) is 1. The normalized spacial score (nSPS) is 25.9. The maximum absolute atomic E-state index is 13.0. The van der Waals surface area contributed by atoms with E-state index in [0.717, 1.165) is 49.5 Å². The van der Waals surface area contributed by atoms with Crippen molar-refractivity contribution in [3.05, 3.63) is 70.9 Å². The lowest BCUT2D eigenvalue weighted by Gasteiger charge is -2.29. The van der Waals surface area contributed by atoms with Gasteiger partial charge >= 0.3 is 0 Å². The Kier molecular flexibility index (Phi) is 7.61. The number of aromatic nitrogens is 1. The molecule has 1 saturated carbocycles. The van der Waals surface area contributed by atoms with Gasteiger partial charge in [-0.3, -0.25) is 29.6 Å². The predicted molar refractivity (Wildman–Crippen MR) is 163 cm³/mol. The second kappa shape index (κ2) is 11.7. The number of amides is 3. The molecule has 0 spiro atoms. The summed E-state index contributed by atoms with van der Waals surface area (Å²) in [6, 6.07) is 16.0. The van der Waals surface area contributed by atoms with Gasteiger partial charge in [0.25, 0.3) is 5.91 Å². The van der Waals surface area contributed by atoms with Crippen molar-refractivity contribution in [2.45, 2.75) is 69.7 Å². The highest BCUT2D eigenvalue weighted by atomic mass is 16.5. The molecule has 1 unspecified atom stereocenters. The van der Waals surface area contributed by atoms with Gasteiger partial charge in [-0.25, -0.2) is 0 Å². The van der Waals surface area contributed by atoms with Crippen LogP contribution in [0, 0.1) is 5.92 Å². The Morgan fingerprint density at radius 3 is 2.79 bits per heavy atom. The largest absolute Gasteiger partial charge is 0.489 e. The van der Waals surface area contributed by atoms with Crippen molar-refractivity contribution in [1.29, 1.82) is 0 Å². The second-order valence-electron chi connectivity index (χ2n) is 12.5. The number of carbonyl (C=O) groups excluding carboxylic acids is 3. The Morgan fingerprint density at radius 2 is 1.93 bits per heavy atom. The number of rotatable bonds is 8. The first-order valence-corrected chi connectivity index (χ1v) is 15.5. The second-order valence-corrected chi connectivity index (χ2v) is 12.5. The maximum Gasteiger partial charge on any atom is 0.255 e. The Labute approximate surface area is 253 Å². The number of methoxy groups -OCH3 is 1. The van der Waals surface area contributed by atoms with Crippen LogP contribution in [0.3, 0.4) is 0 Å². The first-order chi connectivity index (χ1) is 20.9. The number of carbonyl (C=O) groups is 3. The first kappa shape index (κ1) is 28.0. The molecule has 4 heterocycles. The molecule has 0 bridgehead atoms. The third-order valence-electron chi connectivity index (χ3n) is 9.63. The van der Waals surface area contributed by atoms with Crippen LogP contribution in [0.5, 0.6) is 5.75 Å². The Bertz CT molecular complexity index is 1580. The molecule has 1 aliphatic carbocycles. The Balaban J connectivity index is 0.00000343. The molecule has 9 heteroatoms. The van der Waals surface area contributed by atoms with Gasteiger partial charge in [0.05, 0.1) is 5.52 Å². The van der Waals surface area contributed by atoms with E-state index in [1.807, 2.05) is 12.1 Å². The number of hydrogen-bond acceptors (Lipinski definition) is 7. The van der Waals surface area contributed by atoms with Gasteiger partial charge in [-0.15, -0.1) is 0 Å². The molecule has 3 aliphatic heterocycles. The highest BCUT2D eigenvalue weighted by Crippen LogP contribution is 2.39. The van der Waals surface area contributed by atoms with E-state index in [4.69, 9.17) is 14.5 Å². The molecule has 43 heavy (non-hydrogen) atoms. The highest BCUT2D eigenvalue weighted by molar-refractivity contribution is 6.05. The molecule has 3 aromatic rings. The quantitative estimate of drug-likeness (QED) is 0.391. The van der Waals surface area contributed by atoms with Crippen molar-refractivity contribution in [1.82, 2.24) is 20.1 Å². The number of fused-ring (bicyclic) bond motifs is 2. The molecule has 3 amide bonds. The van der Waals surface area contributed by atoms with E-state index in [1.54, 1.807) is 18.1 Å². The summed E-state index contributed by atoms with van der Waals surface area (Å²) in [5.74, 6) is 0.943. The number of ether oxygens (including phenoxy) is 2. The third kappa shape index (κ3) is 5.63. The van der Waals surface area contributed by atoms with Crippen LogP contribution in [-0.4, -0.2) is 71.5 Å². The lowest BCUT2D eigenvalue weighted by Crippen LogP contribution is -2.52. The fourth-order valence-electron chi connectivity index (χ4n) is 7.45. The Morgan fingerprint density at radius 1 is 1.02 bits per heavy atom. The van der Waals surface area contributed by atoms with Gasteiger partial charge < -0.3 is 14.4 Å². The van der Waals surface area contributed by atoms with Crippen LogP contribution in [0.15, 0.2) is 48.5 Å². The number of piperidine rings is 1. The third-order valence-corrected chi connectivity index (χ3v) is 9.63. The monoisotopic (exact) mass is 584 g/mol. The van der Waals surface area contributed by atoms with Crippen LogP contribution in [0.2, 0.25) is 0 Å². The predicted octanol–water partition coefficient (Wildman–Crippen LogP) is 4.43. The fourth-order valence-corrected chi connectivity index (χ4v) is 7.45. The lowest BCUT2D eigenvalue weighted by molar-refractivity contribution is -0.136. The fraction of sp³-hybridized carbons (Fsp3) is 0.471. The molecule has 226 valence electrons. The van der Waals surface area contributed by atoms with Crippen molar-refractivity contribution in [2.24, 2.45) is 5.92 Å². The van der Waals surface area contributed by atoms with E-state index in [1.165, 1.54) is 35.9 Å². The van der Waals surface area contributed by atoms with Crippen LogP contribution in [-0.2, 0) is 27.4 Å². The number of benzene rings is 2. The summed E-state index contributed by atoms with van der Waals surface area (Å²) in [4.78, 5) is 45.9. The van der Waals surface area contributed by atoms with Gasteiger partial charge in [0.2, 0.25) is 11.8 Å². The Hall–Kier alpha value is -3.82. The molecule has 1 aromatic heterocycles. The number of nitrogens with zero attached hydrogens (tertiary/aromatic N) is 3. The molecular formula is C34H40N4O5.